The van der Waals surface area contributed by atoms with E-state index in [0.29, 0.717) is 0 Å². The van der Waals surface area contributed by atoms with Crippen molar-refractivity contribution in [2.45, 2.75) is 0 Å². The average molecular weight is 601 g/mol. The van der Waals surface area contributed by atoms with Gasteiger partial charge in [0.15, 0.2) is 0 Å². The Morgan fingerprint density at radius 3 is 1.20 bits per heavy atom. The number of para-hydroxylation sites is 2. The predicted octanol–water partition coefficient (Wildman–Crippen LogP) is 9.40. The van der Waals surface area contributed by atoms with E-state index in [2.05, 4.69) is 116 Å². The summed E-state index contributed by atoms with van der Waals surface area (Å²) < 4.78 is 15.0. The van der Waals surface area contributed by atoms with Crippen LogP contribution in [0.25, 0.3) is 56.0 Å². The number of hydrogen-bond donors (Lipinski definition) is 0. The molecular formula is C40H32N4O2. The van der Waals surface area contributed by atoms with E-state index in [9.17, 15) is 0 Å². The number of benzene rings is 4. The number of hydrogen-bond acceptors (Lipinski definition) is 4. The molecule has 0 saturated carbocycles. The van der Waals surface area contributed by atoms with Crippen molar-refractivity contribution in [3.63, 3.8) is 0 Å². The van der Waals surface area contributed by atoms with Crippen LogP contribution in [0.5, 0.6) is 11.5 Å². The number of methoxy groups -OCH3 is 2. The normalized spacial score (nSPS) is 10.8. The van der Waals surface area contributed by atoms with Crippen LogP contribution in [0.15, 0.2) is 158 Å². The molecule has 0 spiro atoms. The maximum absolute atomic E-state index is 5.26. The summed E-state index contributed by atoms with van der Waals surface area (Å²) in [5.74, 6) is 1.71. The van der Waals surface area contributed by atoms with Crippen LogP contribution in [0.2, 0.25) is 0 Å². The summed E-state index contributed by atoms with van der Waals surface area (Å²) in [4.78, 5) is 9.00. The summed E-state index contributed by atoms with van der Waals surface area (Å²) in [6.45, 7) is 0. The quantitative estimate of drug-likeness (QED) is 0.191. The van der Waals surface area contributed by atoms with Crippen molar-refractivity contribution in [3.05, 3.63) is 158 Å². The van der Waals surface area contributed by atoms with Crippen molar-refractivity contribution in [1.29, 1.82) is 0 Å². The van der Waals surface area contributed by atoms with Gasteiger partial charge in [-0.1, -0.05) is 36.4 Å². The topological polar surface area (TPSA) is 54.1 Å². The molecule has 0 bridgehead atoms. The lowest BCUT2D eigenvalue weighted by molar-refractivity contribution is 0.415. The smallest absolute Gasteiger partial charge is 0.118 e. The van der Waals surface area contributed by atoms with Gasteiger partial charge >= 0.3 is 0 Å². The van der Waals surface area contributed by atoms with Gasteiger partial charge < -0.3 is 18.6 Å². The monoisotopic (exact) mass is 600 g/mol. The van der Waals surface area contributed by atoms with Crippen LogP contribution >= 0.6 is 0 Å². The Balaban J connectivity index is 0.000000147. The van der Waals surface area contributed by atoms with Gasteiger partial charge in [0.25, 0.3) is 0 Å². The highest BCUT2D eigenvalue weighted by Gasteiger charge is 2.14. The minimum absolute atomic E-state index is 0.856. The number of rotatable bonds is 6. The van der Waals surface area contributed by atoms with Crippen molar-refractivity contribution in [1.82, 2.24) is 19.1 Å². The number of nitrogens with zero attached hydrogens (tertiary/aromatic N) is 4. The zero-order chi connectivity index (χ0) is 31.3. The molecule has 0 aliphatic carbocycles. The molecule has 8 rings (SSSR count). The molecule has 4 heterocycles. The molecule has 8 aromatic rings. The Hall–Kier alpha value is -6.14. The molecule has 0 N–H and O–H groups in total. The third-order valence-electron chi connectivity index (χ3n) is 7.94. The van der Waals surface area contributed by atoms with Crippen molar-refractivity contribution in [2.75, 3.05) is 14.2 Å². The lowest BCUT2D eigenvalue weighted by Crippen LogP contribution is -1.96. The maximum Gasteiger partial charge on any atom is 0.118 e. The van der Waals surface area contributed by atoms with Gasteiger partial charge in [-0.05, 0) is 120 Å². The summed E-state index contributed by atoms with van der Waals surface area (Å²) >= 11 is 0. The molecule has 0 unspecified atom stereocenters. The molecule has 4 aromatic heterocycles. The molecule has 0 saturated heterocycles. The highest BCUT2D eigenvalue weighted by atomic mass is 16.5. The van der Waals surface area contributed by atoms with Crippen LogP contribution in [0.1, 0.15) is 0 Å². The van der Waals surface area contributed by atoms with Gasteiger partial charge in [-0.3, -0.25) is 9.97 Å². The Labute approximate surface area is 267 Å². The first-order chi connectivity index (χ1) is 22.7. The van der Waals surface area contributed by atoms with E-state index in [1.165, 1.54) is 0 Å². The van der Waals surface area contributed by atoms with Crippen molar-refractivity contribution < 1.29 is 9.47 Å². The average Bonchev–Trinajstić information content (AvgIpc) is 3.72. The largest absolute Gasteiger partial charge is 0.497 e. The summed E-state index contributed by atoms with van der Waals surface area (Å²) in [5.41, 5.74) is 10.9. The van der Waals surface area contributed by atoms with Crippen molar-refractivity contribution in [2.24, 2.45) is 0 Å². The predicted molar refractivity (Wildman–Crippen MR) is 186 cm³/mol. The molecular weight excluding hydrogens is 568 g/mol. The third kappa shape index (κ3) is 5.60. The van der Waals surface area contributed by atoms with Gasteiger partial charge in [0.1, 0.15) is 11.5 Å². The van der Waals surface area contributed by atoms with Crippen LogP contribution in [-0.2, 0) is 0 Å². The highest BCUT2D eigenvalue weighted by Crippen LogP contribution is 2.33. The number of fused-ring (bicyclic) bond motifs is 2. The Morgan fingerprint density at radius 1 is 0.435 bits per heavy atom. The Bertz CT molecular complexity index is 2040. The lowest BCUT2D eigenvalue weighted by atomic mass is 10.1. The van der Waals surface area contributed by atoms with E-state index in [1.807, 2.05) is 60.9 Å². The van der Waals surface area contributed by atoms with Crippen LogP contribution in [-0.4, -0.2) is 33.3 Å². The number of aromatic nitrogens is 4. The fraction of sp³-hybridized carbons (Fsp3) is 0.0500. The van der Waals surface area contributed by atoms with Crippen LogP contribution in [0, 0.1) is 0 Å². The van der Waals surface area contributed by atoms with E-state index in [0.717, 1.165) is 67.5 Å². The van der Waals surface area contributed by atoms with Crippen LogP contribution in [0.3, 0.4) is 0 Å². The minimum Gasteiger partial charge on any atom is -0.497 e. The second-order valence-corrected chi connectivity index (χ2v) is 10.7. The first-order valence-corrected chi connectivity index (χ1v) is 15.1. The Morgan fingerprint density at radius 2 is 0.826 bits per heavy atom. The molecule has 4 aromatic carbocycles. The Kier molecular flexibility index (Phi) is 7.99. The van der Waals surface area contributed by atoms with E-state index >= 15 is 0 Å². The van der Waals surface area contributed by atoms with Crippen LogP contribution < -0.4 is 9.47 Å². The van der Waals surface area contributed by atoms with Gasteiger partial charge in [0.2, 0.25) is 0 Å². The highest BCUT2D eigenvalue weighted by molar-refractivity contribution is 5.87. The van der Waals surface area contributed by atoms with Crippen molar-refractivity contribution >= 4 is 22.1 Å². The standard InChI is InChI=1S/2C20H16N2O/c2*1-23-17-11-9-15(10-12-17)20-14-18-19(8-5-13-21-18)22(20)16-6-3-2-4-7-16/h2*2-14H,1H3. The molecule has 6 heteroatoms. The van der Waals surface area contributed by atoms with E-state index in [-0.39, 0.29) is 0 Å². The van der Waals surface area contributed by atoms with Gasteiger partial charge in [-0.2, -0.15) is 0 Å². The fourth-order valence-electron chi connectivity index (χ4n) is 5.73. The molecule has 0 radical (unpaired) electrons. The molecule has 224 valence electrons. The SMILES string of the molecule is COc1ccc(-c2cc3ncccc3n2-c2ccccc2)cc1.COc1ccc(-c2cc3ncccc3n2-c2ccccc2)cc1. The molecule has 6 nitrogen and oxygen atoms in total. The molecule has 0 aliphatic heterocycles. The first-order valence-electron chi connectivity index (χ1n) is 15.1. The van der Waals surface area contributed by atoms with Gasteiger partial charge in [-0.25, -0.2) is 0 Å². The zero-order valence-electron chi connectivity index (χ0n) is 25.6. The van der Waals surface area contributed by atoms with E-state index in [4.69, 9.17) is 9.47 Å². The lowest BCUT2D eigenvalue weighted by Gasteiger charge is -2.11. The second-order valence-electron chi connectivity index (χ2n) is 10.7. The van der Waals surface area contributed by atoms with E-state index in [1.54, 1.807) is 14.2 Å². The molecule has 46 heavy (non-hydrogen) atoms. The number of ether oxygens (including phenoxy) is 2. The maximum atomic E-state index is 5.26. The third-order valence-corrected chi connectivity index (χ3v) is 7.94. The molecule has 0 aliphatic rings. The zero-order valence-corrected chi connectivity index (χ0v) is 25.6. The summed E-state index contributed by atoms with van der Waals surface area (Å²) in [5, 5.41) is 0. The number of pyridine rings is 2. The summed E-state index contributed by atoms with van der Waals surface area (Å²) in [7, 11) is 3.36. The molecule has 0 amide bonds. The van der Waals surface area contributed by atoms with Crippen LogP contribution in [0.4, 0.5) is 0 Å². The molecule has 0 atom stereocenters. The van der Waals surface area contributed by atoms with Crippen molar-refractivity contribution in [3.8, 4) is 45.4 Å². The van der Waals surface area contributed by atoms with E-state index < -0.39 is 0 Å². The summed E-state index contributed by atoms with van der Waals surface area (Å²) in [6, 6.07) is 49.3. The van der Waals surface area contributed by atoms with Gasteiger partial charge in [0, 0.05) is 23.8 Å². The van der Waals surface area contributed by atoms with Gasteiger partial charge in [-0.15, -0.1) is 0 Å². The second kappa shape index (κ2) is 12.8. The fourth-order valence-corrected chi connectivity index (χ4v) is 5.73. The van der Waals surface area contributed by atoms with Gasteiger partial charge in [0.05, 0.1) is 47.7 Å². The molecule has 0 fully saturated rings. The summed E-state index contributed by atoms with van der Waals surface area (Å²) in [6.07, 6.45) is 3.66. The first kappa shape index (κ1) is 28.6. The minimum atomic E-state index is 0.856.